The predicted octanol–water partition coefficient (Wildman–Crippen LogP) is 5.33. The van der Waals surface area contributed by atoms with E-state index in [1.807, 2.05) is 48.7 Å². The molecule has 0 spiro atoms. The number of aromatic nitrogens is 2. The highest BCUT2D eigenvalue weighted by molar-refractivity contribution is 9.10. The van der Waals surface area contributed by atoms with Crippen LogP contribution in [0.4, 0.5) is 0 Å². The van der Waals surface area contributed by atoms with E-state index < -0.39 is 0 Å². The summed E-state index contributed by atoms with van der Waals surface area (Å²) in [4.78, 5) is 21.6. The summed E-state index contributed by atoms with van der Waals surface area (Å²) in [5.41, 5.74) is 4.05. The highest BCUT2D eigenvalue weighted by atomic mass is 79.9. The third-order valence-corrected chi connectivity index (χ3v) is 5.63. The number of carbonyl (C=O) groups is 1. The lowest BCUT2D eigenvalue weighted by Crippen LogP contribution is -2.24. The van der Waals surface area contributed by atoms with Crippen LogP contribution in [0.1, 0.15) is 46.5 Å². The minimum Gasteiger partial charge on any atom is -0.346 e. The van der Waals surface area contributed by atoms with Crippen molar-refractivity contribution in [3.8, 4) is 11.3 Å². The summed E-state index contributed by atoms with van der Waals surface area (Å²) >= 11 is 5.10. The highest BCUT2D eigenvalue weighted by Crippen LogP contribution is 2.23. The smallest absolute Gasteiger partial charge is 0.253 e. The van der Waals surface area contributed by atoms with Gasteiger partial charge in [0.2, 0.25) is 0 Å². The molecule has 1 aromatic carbocycles. The number of thiazole rings is 1. The maximum absolute atomic E-state index is 12.5. The number of benzene rings is 1. The molecule has 134 valence electrons. The molecule has 0 saturated carbocycles. The standard InChI is InChI=1S/C20H20BrN3OS/c1-12(2)20-24-16(11-26-20)10-22-19(25)17-7-8-18(23-13(17)3)14-5-4-6-15(21)9-14/h4-9,11-12H,10H2,1-3H3,(H,22,25). The first-order chi connectivity index (χ1) is 12.4. The van der Waals surface area contributed by atoms with Crippen LogP contribution in [0.5, 0.6) is 0 Å². The first kappa shape index (κ1) is 18.7. The van der Waals surface area contributed by atoms with Gasteiger partial charge in [0.15, 0.2) is 0 Å². The van der Waals surface area contributed by atoms with Gasteiger partial charge in [-0.05, 0) is 31.2 Å². The zero-order valence-electron chi connectivity index (χ0n) is 14.9. The summed E-state index contributed by atoms with van der Waals surface area (Å²) in [6.07, 6.45) is 0. The van der Waals surface area contributed by atoms with E-state index in [1.54, 1.807) is 11.3 Å². The van der Waals surface area contributed by atoms with Crippen molar-refractivity contribution in [2.45, 2.75) is 33.2 Å². The van der Waals surface area contributed by atoms with Crippen LogP contribution in [0.3, 0.4) is 0 Å². The molecule has 2 heterocycles. The minimum absolute atomic E-state index is 0.130. The summed E-state index contributed by atoms with van der Waals surface area (Å²) in [5.74, 6) is 0.274. The molecule has 0 bridgehead atoms. The molecule has 0 unspecified atom stereocenters. The largest absolute Gasteiger partial charge is 0.346 e. The van der Waals surface area contributed by atoms with E-state index in [0.717, 1.165) is 26.4 Å². The van der Waals surface area contributed by atoms with Crippen LogP contribution in [0, 0.1) is 6.92 Å². The molecular weight excluding hydrogens is 410 g/mol. The second-order valence-electron chi connectivity index (χ2n) is 6.35. The van der Waals surface area contributed by atoms with Crippen LogP contribution in [0.25, 0.3) is 11.3 Å². The Morgan fingerprint density at radius 3 is 2.69 bits per heavy atom. The Morgan fingerprint density at radius 1 is 1.23 bits per heavy atom. The lowest BCUT2D eigenvalue weighted by molar-refractivity contribution is 0.0949. The molecule has 26 heavy (non-hydrogen) atoms. The van der Waals surface area contributed by atoms with Gasteiger partial charge in [-0.2, -0.15) is 0 Å². The molecule has 6 heteroatoms. The maximum atomic E-state index is 12.5. The summed E-state index contributed by atoms with van der Waals surface area (Å²) in [5, 5.41) is 6.02. The third kappa shape index (κ3) is 4.37. The van der Waals surface area contributed by atoms with Crippen LogP contribution in [-0.2, 0) is 6.54 Å². The lowest BCUT2D eigenvalue weighted by Gasteiger charge is -2.09. The second kappa shape index (κ2) is 8.10. The number of nitrogens with zero attached hydrogens (tertiary/aromatic N) is 2. The summed E-state index contributed by atoms with van der Waals surface area (Å²) in [6.45, 7) is 6.51. The van der Waals surface area contributed by atoms with E-state index in [0.29, 0.717) is 23.7 Å². The molecule has 3 rings (SSSR count). The van der Waals surface area contributed by atoms with Crippen molar-refractivity contribution in [2.24, 2.45) is 0 Å². The molecule has 0 aliphatic carbocycles. The lowest BCUT2D eigenvalue weighted by atomic mass is 10.1. The Morgan fingerprint density at radius 2 is 2.04 bits per heavy atom. The van der Waals surface area contributed by atoms with Gasteiger partial charge < -0.3 is 5.32 Å². The van der Waals surface area contributed by atoms with Crippen molar-refractivity contribution in [1.29, 1.82) is 0 Å². The highest BCUT2D eigenvalue weighted by Gasteiger charge is 2.13. The average Bonchev–Trinajstić information content (AvgIpc) is 3.09. The molecule has 0 aliphatic heterocycles. The van der Waals surface area contributed by atoms with Crippen LogP contribution in [0.15, 0.2) is 46.3 Å². The van der Waals surface area contributed by atoms with Gasteiger partial charge in [0.1, 0.15) is 0 Å². The summed E-state index contributed by atoms with van der Waals surface area (Å²) in [7, 11) is 0. The quantitative estimate of drug-likeness (QED) is 0.595. The van der Waals surface area contributed by atoms with E-state index in [4.69, 9.17) is 0 Å². The molecule has 0 radical (unpaired) electrons. The first-order valence-corrected chi connectivity index (χ1v) is 10.1. The Hall–Kier alpha value is -2.05. The number of aryl methyl sites for hydroxylation is 1. The van der Waals surface area contributed by atoms with Gasteiger partial charge in [-0.15, -0.1) is 11.3 Å². The zero-order valence-corrected chi connectivity index (χ0v) is 17.3. The fourth-order valence-electron chi connectivity index (χ4n) is 2.54. The van der Waals surface area contributed by atoms with Crippen molar-refractivity contribution >= 4 is 33.2 Å². The number of nitrogens with one attached hydrogen (secondary N) is 1. The number of carbonyl (C=O) groups excluding carboxylic acids is 1. The molecule has 0 aliphatic rings. The van der Waals surface area contributed by atoms with Gasteiger partial charge in [-0.3, -0.25) is 9.78 Å². The second-order valence-corrected chi connectivity index (χ2v) is 8.16. The van der Waals surface area contributed by atoms with Gasteiger partial charge in [0.25, 0.3) is 5.91 Å². The number of amides is 1. The van der Waals surface area contributed by atoms with Gasteiger partial charge >= 0.3 is 0 Å². The van der Waals surface area contributed by atoms with Crippen molar-refractivity contribution in [1.82, 2.24) is 15.3 Å². The van der Waals surface area contributed by atoms with E-state index >= 15 is 0 Å². The summed E-state index contributed by atoms with van der Waals surface area (Å²) < 4.78 is 1.00. The van der Waals surface area contributed by atoms with Crippen molar-refractivity contribution in [2.75, 3.05) is 0 Å². The van der Waals surface area contributed by atoms with Crippen molar-refractivity contribution in [3.05, 3.63) is 68.2 Å². The zero-order chi connectivity index (χ0) is 18.7. The van der Waals surface area contributed by atoms with Gasteiger partial charge in [0, 0.05) is 21.3 Å². The number of hydrogen-bond donors (Lipinski definition) is 1. The molecule has 1 amide bonds. The minimum atomic E-state index is -0.130. The Balaban J connectivity index is 1.71. The van der Waals surface area contributed by atoms with Gasteiger partial charge in [-0.1, -0.05) is 41.9 Å². The molecule has 2 aromatic heterocycles. The van der Waals surface area contributed by atoms with Crippen molar-refractivity contribution < 1.29 is 4.79 Å². The van der Waals surface area contributed by atoms with Crippen molar-refractivity contribution in [3.63, 3.8) is 0 Å². The number of pyridine rings is 1. The van der Waals surface area contributed by atoms with Gasteiger partial charge in [-0.25, -0.2) is 4.98 Å². The molecule has 0 saturated heterocycles. The van der Waals surface area contributed by atoms with Crippen LogP contribution in [-0.4, -0.2) is 15.9 Å². The molecular formula is C20H20BrN3OS. The van der Waals surface area contributed by atoms with E-state index in [1.165, 1.54) is 0 Å². The molecule has 3 aromatic rings. The van der Waals surface area contributed by atoms with E-state index in [2.05, 4.69) is 45.1 Å². The molecule has 1 N–H and O–H groups in total. The Bertz CT molecular complexity index is 936. The SMILES string of the molecule is Cc1nc(-c2cccc(Br)c2)ccc1C(=O)NCc1csc(C(C)C)n1. The number of hydrogen-bond acceptors (Lipinski definition) is 4. The monoisotopic (exact) mass is 429 g/mol. The number of rotatable bonds is 5. The molecule has 4 nitrogen and oxygen atoms in total. The number of halogens is 1. The van der Waals surface area contributed by atoms with E-state index in [-0.39, 0.29) is 5.91 Å². The predicted molar refractivity (Wildman–Crippen MR) is 109 cm³/mol. The third-order valence-electron chi connectivity index (χ3n) is 3.94. The fraction of sp³-hybridized carbons (Fsp3) is 0.250. The van der Waals surface area contributed by atoms with Crippen LogP contribution >= 0.6 is 27.3 Å². The molecule has 0 fully saturated rings. The maximum Gasteiger partial charge on any atom is 0.253 e. The fourth-order valence-corrected chi connectivity index (χ4v) is 3.78. The Kier molecular flexibility index (Phi) is 5.84. The normalized spacial score (nSPS) is 11.0. The average molecular weight is 430 g/mol. The topological polar surface area (TPSA) is 54.9 Å². The first-order valence-electron chi connectivity index (χ1n) is 8.40. The van der Waals surface area contributed by atoms with Crippen LogP contribution in [0.2, 0.25) is 0 Å². The molecule has 0 atom stereocenters. The van der Waals surface area contributed by atoms with Gasteiger partial charge in [0.05, 0.1) is 34.2 Å². The van der Waals surface area contributed by atoms with Crippen LogP contribution < -0.4 is 5.32 Å². The Labute approximate surface area is 165 Å². The van der Waals surface area contributed by atoms with E-state index in [9.17, 15) is 4.79 Å². The summed E-state index contributed by atoms with van der Waals surface area (Å²) in [6, 6.07) is 11.7.